The van der Waals surface area contributed by atoms with Crippen LogP contribution in [-0.4, -0.2) is 38.4 Å². The normalized spacial score (nSPS) is 10.5. The quantitative estimate of drug-likeness (QED) is 0.547. The number of rotatable bonds is 6. The third-order valence-corrected chi connectivity index (χ3v) is 2.12. The van der Waals surface area contributed by atoms with Crippen LogP contribution in [0.2, 0.25) is 0 Å². The molecule has 1 aromatic rings. The number of carbonyl (C=O) groups excluding carboxylic acids is 1. The number of carbonyl (C=O) groups is 1. The van der Waals surface area contributed by atoms with Gasteiger partial charge in [-0.2, -0.15) is 0 Å². The summed E-state index contributed by atoms with van der Waals surface area (Å²) in [6, 6.07) is 4.26. The average molecular weight is 225 g/mol. The molecule has 0 fully saturated rings. The number of hydrogen-bond acceptors (Lipinski definition) is 3. The Labute approximate surface area is 94.8 Å². The average Bonchev–Trinajstić information content (AvgIpc) is 2.24. The van der Waals surface area contributed by atoms with Gasteiger partial charge in [0.05, 0.1) is 12.2 Å². The summed E-state index contributed by atoms with van der Waals surface area (Å²) in [7, 11) is 3.97. The number of nitrogens with zero attached hydrogens (tertiary/aromatic N) is 1. The second-order valence-corrected chi connectivity index (χ2v) is 3.81. The van der Waals surface area contributed by atoms with E-state index >= 15 is 0 Å². The van der Waals surface area contributed by atoms with Crippen molar-refractivity contribution in [3.05, 3.63) is 29.6 Å². The Morgan fingerprint density at radius 1 is 1.44 bits per heavy atom. The summed E-state index contributed by atoms with van der Waals surface area (Å²) in [6.07, 6.45) is 1.37. The maximum absolute atomic E-state index is 13.2. The number of benzene rings is 1. The molecule has 4 heteroatoms. The standard InChI is InChI=1S/C12H16FNO2/c1-14(2)6-3-7-16-11-5-4-10(9-15)12(13)8-11/h4-5,8-9H,3,6-7H2,1-2H3. The molecular formula is C12H16FNO2. The van der Waals surface area contributed by atoms with Crippen molar-refractivity contribution in [3.8, 4) is 5.75 Å². The molecule has 0 aromatic heterocycles. The Morgan fingerprint density at radius 2 is 2.19 bits per heavy atom. The topological polar surface area (TPSA) is 29.5 Å². The van der Waals surface area contributed by atoms with Gasteiger partial charge in [-0.1, -0.05) is 0 Å². The smallest absolute Gasteiger partial charge is 0.152 e. The fourth-order valence-corrected chi connectivity index (χ4v) is 1.26. The van der Waals surface area contributed by atoms with Crippen molar-refractivity contribution in [1.29, 1.82) is 0 Å². The Hall–Kier alpha value is -1.42. The lowest BCUT2D eigenvalue weighted by Crippen LogP contribution is -2.15. The first-order valence-electron chi connectivity index (χ1n) is 5.15. The van der Waals surface area contributed by atoms with Gasteiger partial charge in [-0.05, 0) is 32.6 Å². The monoisotopic (exact) mass is 225 g/mol. The van der Waals surface area contributed by atoms with Gasteiger partial charge in [0.2, 0.25) is 0 Å². The number of ether oxygens (including phenoxy) is 1. The minimum Gasteiger partial charge on any atom is -0.493 e. The lowest BCUT2D eigenvalue weighted by atomic mass is 10.2. The SMILES string of the molecule is CN(C)CCCOc1ccc(C=O)c(F)c1. The van der Waals surface area contributed by atoms with E-state index in [1.165, 1.54) is 12.1 Å². The van der Waals surface area contributed by atoms with Crippen LogP contribution in [-0.2, 0) is 0 Å². The summed E-state index contributed by atoms with van der Waals surface area (Å²) in [4.78, 5) is 12.4. The van der Waals surface area contributed by atoms with Gasteiger partial charge in [0.1, 0.15) is 11.6 Å². The lowest BCUT2D eigenvalue weighted by Gasteiger charge is -2.10. The summed E-state index contributed by atoms with van der Waals surface area (Å²) < 4.78 is 18.5. The highest BCUT2D eigenvalue weighted by atomic mass is 19.1. The molecule has 1 aromatic carbocycles. The van der Waals surface area contributed by atoms with Crippen molar-refractivity contribution in [2.24, 2.45) is 0 Å². The number of hydrogen-bond donors (Lipinski definition) is 0. The van der Waals surface area contributed by atoms with E-state index in [2.05, 4.69) is 4.90 Å². The van der Waals surface area contributed by atoms with Crippen LogP contribution in [0.25, 0.3) is 0 Å². The van der Waals surface area contributed by atoms with Gasteiger partial charge in [-0.25, -0.2) is 4.39 Å². The number of aldehydes is 1. The zero-order chi connectivity index (χ0) is 12.0. The van der Waals surface area contributed by atoms with Crippen molar-refractivity contribution in [2.45, 2.75) is 6.42 Å². The van der Waals surface area contributed by atoms with Crippen molar-refractivity contribution in [3.63, 3.8) is 0 Å². The van der Waals surface area contributed by atoms with Gasteiger partial charge in [-0.3, -0.25) is 4.79 Å². The Balaban J connectivity index is 2.43. The van der Waals surface area contributed by atoms with Gasteiger partial charge >= 0.3 is 0 Å². The molecule has 3 nitrogen and oxygen atoms in total. The molecule has 0 unspecified atom stereocenters. The fraction of sp³-hybridized carbons (Fsp3) is 0.417. The molecule has 88 valence electrons. The number of halogens is 1. The minimum atomic E-state index is -0.542. The van der Waals surface area contributed by atoms with Gasteiger partial charge in [-0.15, -0.1) is 0 Å². The molecule has 0 radical (unpaired) electrons. The summed E-state index contributed by atoms with van der Waals surface area (Å²) in [6.45, 7) is 1.47. The molecule has 0 bridgehead atoms. The second-order valence-electron chi connectivity index (χ2n) is 3.81. The highest BCUT2D eigenvalue weighted by molar-refractivity contribution is 5.75. The van der Waals surface area contributed by atoms with Crippen molar-refractivity contribution < 1.29 is 13.9 Å². The molecule has 0 spiro atoms. The van der Waals surface area contributed by atoms with Crippen LogP contribution in [0.1, 0.15) is 16.8 Å². The van der Waals surface area contributed by atoms with Gasteiger partial charge < -0.3 is 9.64 Å². The van der Waals surface area contributed by atoms with Crippen LogP contribution in [0.4, 0.5) is 4.39 Å². The third kappa shape index (κ3) is 3.98. The van der Waals surface area contributed by atoms with E-state index < -0.39 is 5.82 Å². The van der Waals surface area contributed by atoms with E-state index in [4.69, 9.17) is 4.74 Å². The van der Waals surface area contributed by atoms with E-state index in [9.17, 15) is 9.18 Å². The first-order chi connectivity index (χ1) is 7.63. The summed E-state index contributed by atoms with van der Waals surface area (Å²) in [5.41, 5.74) is 0.0561. The molecule has 16 heavy (non-hydrogen) atoms. The van der Waals surface area contributed by atoms with Crippen molar-refractivity contribution in [1.82, 2.24) is 4.90 Å². The zero-order valence-electron chi connectivity index (χ0n) is 9.57. The Morgan fingerprint density at radius 3 is 2.75 bits per heavy atom. The summed E-state index contributed by atoms with van der Waals surface area (Å²) >= 11 is 0. The zero-order valence-corrected chi connectivity index (χ0v) is 9.57. The van der Waals surface area contributed by atoms with Crippen molar-refractivity contribution in [2.75, 3.05) is 27.2 Å². The molecule has 0 saturated carbocycles. The fourth-order valence-electron chi connectivity index (χ4n) is 1.26. The Bertz CT molecular complexity index is 353. The van der Waals surface area contributed by atoms with Crippen LogP contribution in [0.5, 0.6) is 5.75 Å². The molecule has 0 aliphatic carbocycles. The van der Waals surface area contributed by atoms with Crippen LogP contribution in [0.3, 0.4) is 0 Å². The molecule has 0 N–H and O–H groups in total. The third-order valence-electron chi connectivity index (χ3n) is 2.12. The predicted octanol–water partition coefficient (Wildman–Crippen LogP) is 1.97. The summed E-state index contributed by atoms with van der Waals surface area (Å²) in [5.74, 6) is -0.0815. The largest absolute Gasteiger partial charge is 0.493 e. The molecule has 0 atom stereocenters. The first kappa shape index (κ1) is 12.6. The van der Waals surface area contributed by atoms with E-state index in [-0.39, 0.29) is 5.56 Å². The molecule has 1 rings (SSSR count). The summed E-state index contributed by atoms with van der Waals surface area (Å²) in [5, 5.41) is 0. The molecule has 0 amide bonds. The van der Waals surface area contributed by atoms with Crippen molar-refractivity contribution >= 4 is 6.29 Å². The highest BCUT2D eigenvalue weighted by Gasteiger charge is 2.02. The maximum Gasteiger partial charge on any atom is 0.152 e. The molecule has 0 aliphatic heterocycles. The maximum atomic E-state index is 13.2. The molecule has 0 heterocycles. The van der Waals surface area contributed by atoms with Gasteiger partial charge in [0.15, 0.2) is 6.29 Å². The Kier molecular flexibility index (Phi) is 4.92. The van der Waals surface area contributed by atoms with E-state index in [1.807, 2.05) is 14.1 Å². The first-order valence-corrected chi connectivity index (χ1v) is 5.15. The highest BCUT2D eigenvalue weighted by Crippen LogP contribution is 2.15. The second kappa shape index (κ2) is 6.23. The van der Waals surface area contributed by atoms with Crippen LogP contribution in [0, 0.1) is 5.82 Å². The van der Waals surface area contributed by atoms with Gasteiger partial charge in [0, 0.05) is 12.6 Å². The van der Waals surface area contributed by atoms with E-state index in [0.717, 1.165) is 13.0 Å². The molecular weight excluding hydrogens is 209 g/mol. The van der Waals surface area contributed by atoms with Gasteiger partial charge in [0.25, 0.3) is 0 Å². The molecule has 0 saturated heterocycles. The minimum absolute atomic E-state index is 0.0561. The predicted molar refractivity (Wildman–Crippen MR) is 60.5 cm³/mol. The lowest BCUT2D eigenvalue weighted by molar-refractivity contribution is 0.111. The van der Waals surface area contributed by atoms with Crippen LogP contribution < -0.4 is 4.74 Å². The van der Waals surface area contributed by atoms with E-state index in [1.54, 1.807) is 6.07 Å². The van der Waals surface area contributed by atoms with Crippen LogP contribution >= 0.6 is 0 Å². The van der Waals surface area contributed by atoms with E-state index in [0.29, 0.717) is 18.6 Å². The van der Waals surface area contributed by atoms with Crippen LogP contribution in [0.15, 0.2) is 18.2 Å². The molecule has 0 aliphatic rings.